The molecule has 0 radical (unpaired) electrons. The molecule has 2 rings (SSSR count). The van der Waals surface area contributed by atoms with Gasteiger partial charge < -0.3 is 9.84 Å². The molecule has 0 fully saturated rings. The number of aryl methyl sites for hydroxylation is 1. The Balaban J connectivity index is 2.10. The number of phenols is 1. The Morgan fingerprint density at radius 1 is 1.04 bits per heavy atom. The number of aromatic hydroxyl groups is 1. The van der Waals surface area contributed by atoms with Gasteiger partial charge in [0.05, 0.1) is 18.2 Å². The third kappa shape index (κ3) is 3.92. The first-order chi connectivity index (χ1) is 10.9. The van der Waals surface area contributed by atoms with E-state index in [1.807, 2.05) is 0 Å². The minimum atomic E-state index is -0.632. The summed E-state index contributed by atoms with van der Waals surface area (Å²) >= 11 is 5.83. The molecule has 0 heterocycles. The molecule has 0 atom stereocenters. The fourth-order valence-corrected chi connectivity index (χ4v) is 2.09. The van der Waals surface area contributed by atoms with E-state index in [1.54, 1.807) is 13.0 Å². The summed E-state index contributed by atoms with van der Waals surface area (Å²) in [6.07, 6.45) is 0. The van der Waals surface area contributed by atoms with Crippen molar-refractivity contribution in [1.29, 1.82) is 0 Å². The van der Waals surface area contributed by atoms with Gasteiger partial charge in [-0.25, -0.2) is 0 Å². The quantitative estimate of drug-likeness (QED) is 0.752. The first-order valence-electron chi connectivity index (χ1n) is 6.66. The average molecular weight is 335 g/mol. The third-order valence-corrected chi connectivity index (χ3v) is 3.33. The number of nitrogens with one attached hydrogen (secondary N) is 2. The molecule has 3 N–H and O–H groups in total. The average Bonchev–Trinajstić information content (AvgIpc) is 2.54. The summed E-state index contributed by atoms with van der Waals surface area (Å²) in [5.41, 5.74) is 5.59. The maximum atomic E-state index is 12.1. The summed E-state index contributed by atoms with van der Waals surface area (Å²) in [7, 11) is 1.41. The second-order valence-electron chi connectivity index (χ2n) is 4.77. The number of hydrogen-bond acceptors (Lipinski definition) is 4. The van der Waals surface area contributed by atoms with Crippen LogP contribution in [0.1, 0.15) is 26.3 Å². The Morgan fingerprint density at radius 2 is 1.70 bits per heavy atom. The van der Waals surface area contributed by atoms with Crippen molar-refractivity contribution >= 4 is 23.4 Å². The highest BCUT2D eigenvalue weighted by Crippen LogP contribution is 2.23. The van der Waals surface area contributed by atoms with Crippen LogP contribution in [-0.2, 0) is 0 Å². The molecule has 2 aromatic rings. The second kappa shape index (κ2) is 7.02. The molecule has 0 unspecified atom stereocenters. The Morgan fingerprint density at radius 3 is 2.35 bits per heavy atom. The van der Waals surface area contributed by atoms with E-state index < -0.39 is 11.8 Å². The number of ether oxygens (including phenoxy) is 1. The number of halogens is 1. The Bertz CT molecular complexity index is 762. The molecule has 120 valence electrons. The monoisotopic (exact) mass is 334 g/mol. The van der Waals surface area contributed by atoms with E-state index in [4.69, 9.17) is 16.3 Å². The molecule has 0 spiro atoms. The smallest absolute Gasteiger partial charge is 0.273 e. The number of phenolic OH excluding ortho intramolecular Hbond substituents is 1. The molecule has 0 saturated heterocycles. The van der Waals surface area contributed by atoms with Gasteiger partial charge in [0.15, 0.2) is 0 Å². The molecule has 0 aromatic heterocycles. The van der Waals surface area contributed by atoms with Crippen LogP contribution in [0, 0.1) is 6.92 Å². The molecule has 0 aliphatic heterocycles. The number of amides is 2. The number of methoxy groups -OCH3 is 1. The van der Waals surface area contributed by atoms with Crippen molar-refractivity contribution in [2.45, 2.75) is 6.92 Å². The molecule has 23 heavy (non-hydrogen) atoms. The standard InChI is InChI=1S/C16H15ClN2O4/c1-9-3-6-13(20)12(7-9)16(22)19-18-15(21)11-5-4-10(17)8-14(11)23-2/h3-8,20H,1-2H3,(H,18,21)(H,19,22). The zero-order valence-corrected chi connectivity index (χ0v) is 13.3. The van der Waals surface area contributed by atoms with Gasteiger partial charge in [0.1, 0.15) is 11.5 Å². The first kappa shape index (κ1) is 16.6. The second-order valence-corrected chi connectivity index (χ2v) is 5.21. The highest BCUT2D eigenvalue weighted by Gasteiger charge is 2.15. The van der Waals surface area contributed by atoms with Crippen LogP contribution in [0.2, 0.25) is 5.02 Å². The lowest BCUT2D eigenvalue weighted by atomic mass is 10.1. The summed E-state index contributed by atoms with van der Waals surface area (Å²) in [4.78, 5) is 24.1. The summed E-state index contributed by atoms with van der Waals surface area (Å²) in [5.74, 6) is -1.10. The molecule has 2 amide bonds. The van der Waals surface area contributed by atoms with Gasteiger partial charge in [0.2, 0.25) is 0 Å². The van der Waals surface area contributed by atoms with Crippen LogP contribution >= 0.6 is 11.6 Å². The molecule has 0 aliphatic rings. The van der Waals surface area contributed by atoms with E-state index in [0.29, 0.717) is 5.02 Å². The van der Waals surface area contributed by atoms with E-state index in [0.717, 1.165) is 5.56 Å². The van der Waals surface area contributed by atoms with Gasteiger partial charge >= 0.3 is 0 Å². The lowest BCUT2D eigenvalue weighted by Crippen LogP contribution is -2.41. The normalized spacial score (nSPS) is 10.0. The van der Waals surface area contributed by atoms with Crippen molar-refractivity contribution in [2.75, 3.05) is 7.11 Å². The largest absolute Gasteiger partial charge is 0.507 e. The molecular formula is C16H15ClN2O4. The van der Waals surface area contributed by atoms with E-state index in [-0.39, 0.29) is 22.6 Å². The van der Waals surface area contributed by atoms with Crippen molar-refractivity contribution in [2.24, 2.45) is 0 Å². The predicted octanol–water partition coefficient (Wildman–Crippen LogP) is 2.44. The number of carbonyl (C=O) groups excluding carboxylic acids is 2. The van der Waals surface area contributed by atoms with Crippen LogP contribution in [0.5, 0.6) is 11.5 Å². The maximum Gasteiger partial charge on any atom is 0.273 e. The van der Waals surface area contributed by atoms with Gasteiger partial charge in [0.25, 0.3) is 11.8 Å². The molecule has 0 saturated carbocycles. The third-order valence-electron chi connectivity index (χ3n) is 3.09. The minimum absolute atomic E-state index is 0.0633. The Kier molecular flexibility index (Phi) is 5.08. The van der Waals surface area contributed by atoms with Crippen LogP contribution in [0.15, 0.2) is 36.4 Å². The number of benzene rings is 2. The van der Waals surface area contributed by atoms with Crippen molar-refractivity contribution < 1.29 is 19.4 Å². The summed E-state index contributed by atoms with van der Waals surface area (Å²) < 4.78 is 5.08. The van der Waals surface area contributed by atoms with Crippen LogP contribution < -0.4 is 15.6 Å². The van der Waals surface area contributed by atoms with Gasteiger partial charge in [-0.05, 0) is 37.3 Å². The first-order valence-corrected chi connectivity index (χ1v) is 7.04. The van der Waals surface area contributed by atoms with E-state index >= 15 is 0 Å². The summed E-state index contributed by atoms with van der Waals surface area (Å²) in [6.45, 7) is 1.79. The van der Waals surface area contributed by atoms with Crippen molar-refractivity contribution in [3.63, 3.8) is 0 Å². The van der Waals surface area contributed by atoms with Gasteiger partial charge in [-0.2, -0.15) is 0 Å². The van der Waals surface area contributed by atoms with Gasteiger partial charge in [-0.1, -0.05) is 23.2 Å². The van der Waals surface area contributed by atoms with E-state index in [9.17, 15) is 14.7 Å². The van der Waals surface area contributed by atoms with Gasteiger partial charge in [-0.15, -0.1) is 0 Å². The maximum absolute atomic E-state index is 12.1. The lowest BCUT2D eigenvalue weighted by Gasteiger charge is -2.11. The topological polar surface area (TPSA) is 87.7 Å². The Hall–Kier alpha value is -2.73. The van der Waals surface area contributed by atoms with Crippen molar-refractivity contribution in [3.05, 3.63) is 58.1 Å². The van der Waals surface area contributed by atoms with Crippen LogP contribution in [0.25, 0.3) is 0 Å². The van der Waals surface area contributed by atoms with Crippen molar-refractivity contribution in [3.8, 4) is 11.5 Å². The highest BCUT2D eigenvalue weighted by molar-refractivity contribution is 6.30. The van der Waals surface area contributed by atoms with E-state index in [1.165, 1.54) is 37.4 Å². The number of hydrogen-bond donors (Lipinski definition) is 3. The molecular weight excluding hydrogens is 320 g/mol. The van der Waals surface area contributed by atoms with Gasteiger partial charge in [-0.3, -0.25) is 20.4 Å². The molecule has 7 heteroatoms. The number of carbonyl (C=O) groups is 2. The fraction of sp³-hybridized carbons (Fsp3) is 0.125. The molecule has 2 aromatic carbocycles. The molecule has 6 nitrogen and oxygen atoms in total. The van der Waals surface area contributed by atoms with Crippen LogP contribution in [0.4, 0.5) is 0 Å². The van der Waals surface area contributed by atoms with Crippen LogP contribution in [-0.4, -0.2) is 24.0 Å². The van der Waals surface area contributed by atoms with Gasteiger partial charge in [0, 0.05) is 5.02 Å². The minimum Gasteiger partial charge on any atom is -0.507 e. The van der Waals surface area contributed by atoms with Crippen molar-refractivity contribution in [1.82, 2.24) is 10.9 Å². The molecule has 0 aliphatic carbocycles. The zero-order chi connectivity index (χ0) is 17.0. The summed E-state index contributed by atoms with van der Waals surface area (Å²) in [6, 6.07) is 9.10. The summed E-state index contributed by atoms with van der Waals surface area (Å²) in [5, 5.41) is 10.1. The predicted molar refractivity (Wildman–Crippen MR) is 85.8 cm³/mol. The Labute approximate surface area is 138 Å². The van der Waals surface area contributed by atoms with Crippen LogP contribution in [0.3, 0.4) is 0 Å². The number of rotatable bonds is 3. The lowest BCUT2D eigenvalue weighted by molar-refractivity contribution is 0.0843. The number of hydrazine groups is 1. The fourth-order valence-electron chi connectivity index (χ4n) is 1.93. The van der Waals surface area contributed by atoms with E-state index in [2.05, 4.69) is 10.9 Å². The highest BCUT2D eigenvalue weighted by atomic mass is 35.5. The molecule has 0 bridgehead atoms. The SMILES string of the molecule is COc1cc(Cl)ccc1C(=O)NNC(=O)c1cc(C)ccc1O. The zero-order valence-electron chi connectivity index (χ0n) is 12.5.